The summed E-state index contributed by atoms with van der Waals surface area (Å²) in [5, 5.41) is 12.2. The third kappa shape index (κ3) is 2.50. The first-order valence-corrected chi connectivity index (χ1v) is 5.49. The number of carbonyl (C=O) groups is 1. The Morgan fingerprint density at radius 2 is 2.35 bits per heavy atom. The molecule has 1 fully saturated rings. The molecule has 5 heteroatoms. The lowest BCUT2D eigenvalue weighted by Crippen LogP contribution is -2.34. The van der Waals surface area contributed by atoms with Crippen LogP contribution in [0.3, 0.4) is 0 Å². The molecule has 0 spiro atoms. The van der Waals surface area contributed by atoms with E-state index in [4.69, 9.17) is 15.6 Å². The summed E-state index contributed by atoms with van der Waals surface area (Å²) in [4.78, 5) is 10.8. The van der Waals surface area contributed by atoms with Gasteiger partial charge in [-0.3, -0.25) is 0 Å². The average Bonchev–Trinajstić information content (AvgIpc) is 2.64. The predicted molar refractivity (Wildman–Crippen MR) is 65.3 cm³/mol. The number of benzene rings is 1. The van der Waals surface area contributed by atoms with E-state index in [0.29, 0.717) is 6.61 Å². The average molecular weight is 236 g/mol. The van der Waals surface area contributed by atoms with Crippen molar-refractivity contribution in [2.24, 2.45) is 0 Å². The predicted octanol–water partition coefficient (Wildman–Crippen LogP) is 1.56. The van der Waals surface area contributed by atoms with Crippen LogP contribution in [-0.4, -0.2) is 29.8 Å². The van der Waals surface area contributed by atoms with Crippen LogP contribution in [0.2, 0.25) is 0 Å². The van der Waals surface area contributed by atoms with Crippen LogP contribution >= 0.6 is 0 Å². The van der Waals surface area contributed by atoms with Crippen molar-refractivity contribution < 1.29 is 14.6 Å². The van der Waals surface area contributed by atoms with Gasteiger partial charge in [0, 0.05) is 18.0 Å². The van der Waals surface area contributed by atoms with E-state index in [-0.39, 0.29) is 16.8 Å². The summed E-state index contributed by atoms with van der Waals surface area (Å²) in [6.07, 6.45) is 0.924. The molecule has 1 unspecified atom stereocenters. The number of nitrogen functional groups attached to an aromatic ring is 1. The highest BCUT2D eigenvalue weighted by Gasteiger charge is 2.29. The molecule has 0 radical (unpaired) electrons. The van der Waals surface area contributed by atoms with E-state index in [1.165, 1.54) is 6.07 Å². The standard InChI is InChI=1S/C12H16N2O3/c1-12(4-5-17-7-12)14-8-2-3-9(11(15)16)10(13)6-8/h2-3,6,14H,4-5,7,13H2,1H3,(H,15,16). The van der Waals surface area contributed by atoms with E-state index >= 15 is 0 Å². The lowest BCUT2D eigenvalue weighted by atomic mass is 10.0. The molecule has 1 atom stereocenters. The minimum Gasteiger partial charge on any atom is -0.478 e. The van der Waals surface area contributed by atoms with E-state index < -0.39 is 5.97 Å². The lowest BCUT2D eigenvalue weighted by Gasteiger charge is -2.25. The molecule has 1 saturated heterocycles. The van der Waals surface area contributed by atoms with Gasteiger partial charge in [-0.05, 0) is 31.5 Å². The van der Waals surface area contributed by atoms with Crippen LogP contribution in [0.25, 0.3) is 0 Å². The van der Waals surface area contributed by atoms with E-state index in [9.17, 15) is 4.79 Å². The zero-order chi connectivity index (χ0) is 12.5. The maximum Gasteiger partial charge on any atom is 0.337 e. The molecule has 1 aliphatic rings. The number of rotatable bonds is 3. The quantitative estimate of drug-likeness (QED) is 0.693. The third-order valence-electron chi connectivity index (χ3n) is 2.95. The van der Waals surface area contributed by atoms with Crippen LogP contribution in [0.5, 0.6) is 0 Å². The number of carboxylic acid groups (broad SMARTS) is 1. The fourth-order valence-corrected chi connectivity index (χ4v) is 1.95. The summed E-state index contributed by atoms with van der Waals surface area (Å²) in [5.41, 5.74) is 6.80. The minimum absolute atomic E-state index is 0.100. The monoisotopic (exact) mass is 236 g/mol. The van der Waals surface area contributed by atoms with Crippen LogP contribution in [0.15, 0.2) is 18.2 Å². The molecular weight excluding hydrogens is 220 g/mol. The topological polar surface area (TPSA) is 84.6 Å². The Morgan fingerprint density at radius 1 is 1.59 bits per heavy atom. The SMILES string of the molecule is CC1(Nc2ccc(C(=O)O)c(N)c2)CCOC1. The van der Waals surface area contributed by atoms with Crippen LogP contribution in [-0.2, 0) is 4.74 Å². The summed E-state index contributed by atoms with van der Waals surface area (Å²) < 4.78 is 5.34. The molecule has 92 valence electrons. The van der Waals surface area contributed by atoms with Gasteiger partial charge in [-0.1, -0.05) is 0 Å². The lowest BCUT2D eigenvalue weighted by molar-refractivity contribution is 0.0698. The Morgan fingerprint density at radius 3 is 2.88 bits per heavy atom. The Kier molecular flexibility index (Phi) is 2.93. The van der Waals surface area contributed by atoms with E-state index in [1.54, 1.807) is 12.1 Å². The molecule has 1 aliphatic heterocycles. The van der Waals surface area contributed by atoms with Gasteiger partial charge < -0.3 is 20.9 Å². The van der Waals surface area contributed by atoms with Gasteiger partial charge in [-0.15, -0.1) is 0 Å². The van der Waals surface area contributed by atoms with Crippen LogP contribution in [0, 0.1) is 0 Å². The first kappa shape index (κ1) is 11.7. The molecule has 0 bridgehead atoms. The number of carboxylic acids is 1. The second-order valence-electron chi connectivity index (χ2n) is 4.60. The van der Waals surface area contributed by atoms with Crippen LogP contribution in [0.1, 0.15) is 23.7 Å². The van der Waals surface area contributed by atoms with E-state index in [0.717, 1.165) is 18.7 Å². The maximum atomic E-state index is 10.8. The summed E-state index contributed by atoms with van der Waals surface area (Å²) in [5.74, 6) is -1.01. The highest BCUT2D eigenvalue weighted by atomic mass is 16.5. The molecule has 0 aromatic heterocycles. The maximum absolute atomic E-state index is 10.8. The molecule has 1 aromatic rings. The van der Waals surface area contributed by atoms with Gasteiger partial charge in [0.25, 0.3) is 0 Å². The molecule has 0 aliphatic carbocycles. The van der Waals surface area contributed by atoms with Gasteiger partial charge in [0.15, 0.2) is 0 Å². The molecule has 0 amide bonds. The number of anilines is 2. The summed E-state index contributed by atoms with van der Waals surface area (Å²) in [6, 6.07) is 4.88. The van der Waals surface area contributed by atoms with Gasteiger partial charge >= 0.3 is 5.97 Å². The van der Waals surface area contributed by atoms with Gasteiger partial charge in [-0.2, -0.15) is 0 Å². The Balaban J connectivity index is 2.17. The largest absolute Gasteiger partial charge is 0.478 e. The number of ether oxygens (including phenoxy) is 1. The van der Waals surface area contributed by atoms with Crippen LogP contribution < -0.4 is 11.1 Å². The second kappa shape index (κ2) is 4.25. The highest BCUT2D eigenvalue weighted by Crippen LogP contribution is 2.26. The normalized spacial score (nSPS) is 23.6. The van der Waals surface area contributed by atoms with Crippen molar-refractivity contribution in [3.63, 3.8) is 0 Å². The number of nitrogens with one attached hydrogen (secondary N) is 1. The van der Waals surface area contributed by atoms with E-state index in [1.807, 2.05) is 0 Å². The van der Waals surface area contributed by atoms with E-state index in [2.05, 4.69) is 12.2 Å². The molecule has 4 N–H and O–H groups in total. The molecule has 2 rings (SSSR count). The fourth-order valence-electron chi connectivity index (χ4n) is 1.95. The molecule has 17 heavy (non-hydrogen) atoms. The number of nitrogens with two attached hydrogens (primary N) is 1. The number of hydrogen-bond donors (Lipinski definition) is 3. The van der Waals surface area contributed by atoms with Crippen molar-refractivity contribution in [3.8, 4) is 0 Å². The summed E-state index contributed by atoms with van der Waals surface area (Å²) in [6.45, 7) is 3.46. The van der Waals surface area contributed by atoms with Crippen molar-refractivity contribution in [2.75, 3.05) is 24.3 Å². The molecule has 1 aromatic carbocycles. The molecule has 5 nitrogen and oxygen atoms in total. The minimum atomic E-state index is -1.01. The molecule has 1 heterocycles. The summed E-state index contributed by atoms with van der Waals surface area (Å²) >= 11 is 0. The van der Waals surface area contributed by atoms with Crippen LogP contribution in [0.4, 0.5) is 11.4 Å². The van der Waals surface area contributed by atoms with Gasteiger partial charge in [0.05, 0.1) is 17.7 Å². The Bertz CT molecular complexity index is 439. The van der Waals surface area contributed by atoms with Gasteiger partial charge in [-0.25, -0.2) is 4.79 Å². The van der Waals surface area contributed by atoms with Gasteiger partial charge in [0.1, 0.15) is 0 Å². The molecule has 0 saturated carbocycles. The fraction of sp³-hybridized carbons (Fsp3) is 0.417. The zero-order valence-corrected chi connectivity index (χ0v) is 9.69. The van der Waals surface area contributed by atoms with Crippen molar-refractivity contribution in [3.05, 3.63) is 23.8 Å². The number of aromatic carboxylic acids is 1. The van der Waals surface area contributed by atoms with Gasteiger partial charge in [0.2, 0.25) is 0 Å². The Labute approximate surface area is 99.6 Å². The molecular formula is C12H16N2O3. The number of hydrogen-bond acceptors (Lipinski definition) is 4. The Hall–Kier alpha value is -1.75. The highest BCUT2D eigenvalue weighted by molar-refractivity contribution is 5.94. The van der Waals surface area contributed by atoms with Crippen molar-refractivity contribution in [2.45, 2.75) is 18.9 Å². The second-order valence-corrected chi connectivity index (χ2v) is 4.60. The smallest absolute Gasteiger partial charge is 0.337 e. The van der Waals surface area contributed by atoms with Crippen molar-refractivity contribution >= 4 is 17.3 Å². The third-order valence-corrected chi connectivity index (χ3v) is 2.95. The summed E-state index contributed by atoms with van der Waals surface area (Å²) in [7, 11) is 0. The zero-order valence-electron chi connectivity index (χ0n) is 9.69. The first-order chi connectivity index (χ1) is 8.00. The van der Waals surface area contributed by atoms with Crippen molar-refractivity contribution in [1.29, 1.82) is 0 Å². The van der Waals surface area contributed by atoms with Crippen molar-refractivity contribution in [1.82, 2.24) is 0 Å². The first-order valence-electron chi connectivity index (χ1n) is 5.49.